The fraction of sp³-hybridized carbons (Fsp3) is 0.409. The highest BCUT2D eigenvalue weighted by Gasteiger charge is 2.33. The van der Waals surface area contributed by atoms with Crippen molar-refractivity contribution in [3.8, 4) is 5.75 Å². The number of aromatic nitrogens is 4. The minimum absolute atomic E-state index is 0.137. The van der Waals surface area contributed by atoms with E-state index in [-0.39, 0.29) is 5.60 Å². The van der Waals surface area contributed by atoms with Crippen LogP contribution >= 0.6 is 34.9 Å². The number of nitrogens with zero attached hydrogens (tertiary/aromatic N) is 4. The lowest BCUT2D eigenvalue weighted by Crippen LogP contribution is -2.33. The monoisotopic (exact) mass is 472 g/mol. The van der Waals surface area contributed by atoms with Crippen molar-refractivity contribution in [3.05, 3.63) is 40.3 Å². The molecule has 0 saturated heterocycles. The van der Waals surface area contributed by atoms with Crippen molar-refractivity contribution in [1.82, 2.24) is 19.6 Å². The molecule has 0 bridgehead atoms. The molecular formula is C22H24N4O2S3. The maximum atomic E-state index is 6.17. The summed E-state index contributed by atoms with van der Waals surface area (Å²) in [6, 6.07) is 8.14. The Hall–Kier alpha value is -1.81. The third kappa shape index (κ3) is 3.71. The van der Waals surface area contributed by atoms with E-state index in [1.807, 2.05) is 12.1 Å². The molecule has 0 unspecified atom stereocenters. The number of ether oxygens (including phenoxy) is 2. The Kier molecular flexibility index (Phi) is 5.62. The van der Waals surface area contributed by atoms with Crippen molar-refractivity contribution >= 4 is 50.7 Å². The van der Waals surface area contributed by atoms with E-state index < -0.39 is 0 Å². The molecule has 5 rings (SSSR count). The van der Waals surface area contributed by atoms with Crippen LogP contribution in [0, 0.1) is 0 Å². The second-order valence-corrected chi connectivity index (χ2v) is 10.6. The van der Waals surface area contributed by atoms with Crippen LogP contribution in [0.3, 0.4) is 0 Å². The van der Waals surface area contributed by atoms with E-state index in [0.717, 1.165) is 50.5 Å². The second kappa shape index (κ2) is 8.27. The van der Waals surface area contributed by atoms with Gasteiger partial charge < -0.3 is 9.47 Å². The van der Waals surface area contributed by atoms with Crippen molar-refractivity contribution in [2.75, 3.05) is 13.4 Å². The predicted molar refractivity (Wildman–Crippen MR) is 128 cm³/mol. The van der Waals surface area contributed by atoms with E-state index in [0.29, 0.717) is 6.61 Å². The van der Waals surface area contributed by atoms with Crippen molar-refractivity contribution in [3.63, 3.8) is 0 Å². The van der Waals surface area contributed by atoms with Crippen LogP contribution in [-0.2, 0) is 23.5 Å². The molecule has 3 aromatic heterocycles. The zero-order valence-corrected chi connectivity index (χ0v) is 20.4. The Morgan fingerprint density at radius 1 is 1.23 bits per heavy atom. The van der Waals surface area contributed by atoms with Gasteiger partial charge in [0.05, 0.1) is 24.7 Å². The molecule has 1 aliphatic heterocycles. The molecule has 31 heavy (non-hydrogen) atoms. The number of benzene rings is 1. The van der Waals surface area contributed by atoms with Gasteiger partial charge in [0.1, 0.15) is 10.6 Å². The first-order chi connectivity index (χ1) is 15.0. The Labute approximate surface area is 193 Å². The largest absolute Gasteiger partial charge is 0.497 e. The summed E-state index contributed by atoms with van der Waals surface area (Å²) in [7, 11) is 1.68. The molecule has 1 aliphatic rings. The standard InChI is InChI=1S/C22H24N4O2S3/c1-5-22(2)10-15-16(11-28-22)31-19-17(15)18-24-25-21(26(18)20(23-19)29-4)30-12-13-6-8-14(27-3)9-7-13/h6-9H,5,10-12H2,1-4H3/t22-/m1/s1. The highest BCUT2D eigenvalue weighted by atomic mass is 32.2. The van der Waals surface area contributed by atoms with Crippen LogP contribution in [0.5, 0.6) is 5.75 Å². The third-order valence-corrected chi connectivity index (χ3v) is 8.62. The summed E-state index contributed by atoms with van der Waals surface area (Å²) in [6.45, 7) is 5.03. The highest BCUT2D eigenvalue weighted by molar-refractivity contribution is 7.99. The number of hydrogen-bond donors (Lipinski definition) is 0. The van der Waals surface area contributed by atoms with E-state index >= 15 is 0 Å². The van der Waals surface area contributed by atoms with Gasteiger partial charge in [0.15, 0.2) is 16.0 Å². The summed E-state index contributed by atoms with van der Waals surface area (Å²) in [5, 5.41) is 12.1. The molecule has 0 aliphatic carbocycles. The summed E-state index contributed by atoms with van der Waals surface area (Å²) >= 11 is 5.03. The quantitative estimate of drug-likeness (QED) is 0.267. The molecule has 0 spiro atoms. The van der Waals surface area contributed by atoms with Crippen molar-refractivity contribution in [2.45, 2.75) is 55.0 Å². The highest BCUT2D eigenvalue weighted by Crippen LogP contribution is 2.42. The van der Waals surface area contributed by atoms with E-state index in [1.54, 1.807) is 42.0 Å². The van der Waals surface area contributed by atoms with Crippen LogP contribution in [0.4, 0.5) is 0 Å². The van der Waals surface area contributed by atoms with Gasteiger partial charge in [-0.1, -0.05) is 42.6 Å². The van der Waals surface area contributed by atoms with Gasteiger partial charge in [-0.3, -0.25) is 0 Å². The summed E-state index contributed by atoms with van der Waals surface area (Å²) in [5.41, 5.74) is 3.32. The molecule has 4 heterocycles. The normalized spacial score (nSPS) is 18.6. The molecular weight excluding hydrogens is 448 g/mol. The third-order valence-electron chi connectivity index (χ3n) is 5.88. The Balaban J connectivity index is 1.56. The zero-order valence-electron chi connectivity index (χ0n) is 18.0. The first kappa shape index (κ1) is 21.1. The maximum absolute atomic E-state index is 6.17. The van der Waals surface area contributed by atoms with Crippen molar-refractivity contribution in [2.24, 2.45) is 0 Å². The van der Waals surface area contributed by atoms with Gasteiger partial charge in [0, 0.05) is 17.1 Å². The van der Waals surface area contributed by atoms with Crippen LogP contribution in [0.2, 0.25) is 0 Å². The Morgan fingerprint density at radius 3 is 2.74 bits per heavy atom. The van der Waals surface area contributed by atoms with Crippen LogP contribution in [0.1, 0.15) is 36.3 Å². The molecule has 0 saturated carbocycles. The molecule has 6 nitrogen and oxygen atoms in total. The minimum atomic E-state index is -0.137. The molecule has 0 fully saturated rings. The zero-order chi connectivity index (χ0) is 21.6. The Bertz CT molecular complexity index is 1250. The topological polar surface area (TPSA) is 61.5 Å². The minimum Gasteiger partial charge on any atom is -0.497 e. The van der Waals surface area contributed by atoms with E-state index in [4.69, 9.17) is 14.5 Å². The lowest BCUT2D eigenvalue weighted by atomic mass is 9.90. The summed E-state index contributed by atoms with van der Waals surface area (Å²) in [6.07, 6.45) is 3.91. The average molecular weight is 473 g/mol. The van der Waals surface area contributed by atoms with Crippen LogP contribution < -0.4 is 4.74 Å². The number of thiophene rings is 1. The van der Waals surface area contributed by atoms with Gasteiger partial charge in [-0.2, -0.15) is 0 Å². The first-order valence-corrected chi connectivity index (χ1v) is 13.2. The number of rotatable bonds is 6. The van der Waals surface area contributed by atoms with Gasteiger partial charge in [-0.25, -0.2) is 9.38 Å². The fourth-order valence-corrected chi connectivity index (χ4v) is 6.48. The number of thioether (sulfide) groups is 2. The number of hydrogen-bond acceptors (Lipinski definition) is 8. The Morgan fingerprint density at radius 2 is 2.03 bits per heavy atom. The second-order valence-electron chi connectivity index (χ2n) is 7.83. The molecule has 0 N–H and O–H groups in total. The average Bonchev–Trinajstić information content (AvgIpc) is 3.38. The molecule has 9 heteroatoms. The summed E-state index contributed by atoms with van der Waals surface area (Å²) in [4.78, 5) is 7.29. The number of methoxy groups -OCH3 is 1. The predicted octanol–water partition coefficient (Wildman–Crippen LogP) is 5.60. The molecule has 162 valence electrons. The van der Waals surface area contributed by atoms with Crippen LogP contribution in [-0.4, -0.2) is 38.5 Å². The maximum Gasteiger partial charge on any atom is 0.198 e. The molecule has 4 aromatic rings. The lowest BCUT2D eigenvalue weighted by molar-refractivity contribution is -0.0542. The number of fused-ring (bicyclic) bond motifs is 5. The first-order valence-electron chi connectivity index (χ1n) is 10.2. The van der Waals surface area contributed by atoms with Gasteiger partial charge in [-0.05, 0) is 42.9 Å². The molecule has 1 atom stereocenters. The van der Waals surface area contributed by atoms with E-state index in [1.165, 1.54) is 16.0 Å². The van der Waals surface area contributed by atoms with Gasteiger partial charge >= 0.3 is 0 Å². The lowest BCUT2D eigenvalue weighted by Gasteiger charge is -2.32. The summed E-state index contributed by atoms with van der Waals surface area (Å²) in [5.74, 6) is 1.67. The fourth-order valence-electron chi connectivity index (χ4n) is 3.84. The smallest absolute Gasteiger partial charge is 0.198 e. The van der Waals surface area contributed by atoms with E-state index in [9.17, 15) is 0 Å². The van der Waals surface area contributed by atoms with Gasteiger partial charge in [0.25, 0.3) is 0 Å². The molecule has 0 amide bonds. The summed E-state index contributed by atoms with van der Waals surface area (Å²) < 4.78 is 13.5. The van der Waals surface area contributed by atoms with Crippen molar-refractivity contribution in [1.29, 1.82) is 0 Å². The van der Waals surface area contributed by atoms with Gasteiger partial charge in [0.2, 0.25) is 0 Å². The van der Waals surface area contributed by atoms with Gasteiger partial charge in [-0.15, -0.1) is 21.5 Å². The van der Waals surface area contributed by atoms with E-state index in [2.05, 4.69) is 46.8 Å². The molecule has 0 radical (unpaired) electrons. The van der Waals surface area contributed by atoms with Crippen molar-refractivity contribution < 1.29 is 9.47 Å². The van der Waals surface area contributed by atoms with Crippen LogP contribution in [0.25, 0.3) is 15.9 Å². The molecule has 1 aromatic carbocycles. The van der Waals surface area contributed by atoms with Crippen LogP contribution in [0.15, 0.2) is 34.6 Å². The SMILES string of the molecule is CC[C@]1(C)Cc2c(sc3nc(SC)n4c(SCc5ccc(OC)cc5)nnc4c23)CO1.